The summed E-state index contributed by atoms with van der Waals surface area (Å²) in [6.45, 7) is 3.71. The van der Waals surface area contributed by atoms with Gasteiger partial charge in [-0.3, -0.25) is 4.90 Å². The van der Waals surface area contributed by atoms with Crippen molar-refractivity contribution in [1.29, 1.82) is 5.26 Å². The average Bonchev–Trinajstić information content (AvgIpc) is 3.49. The number of nitriles is 1. The molecule has 3 aromatic heterocycles. The zero-order valence-electron chi connectivity index (χ0n) is 21.8. The summed E-state index contributed by atoms with van der Waals surface area (Å²) >= 11 is 0. The maximum Gasteiger partial charge on any atom is 0.371 e. The number of hydrogen-bond acceptors (Lipinski definition) is 8. The van der Waals surface area contributed by atoms with Gasteiger partial charge in [0.1, 0.15) is 23.8 Å². The van der Waals surface area contributed by atoms with Gasteiger partial charge in [-0.2, -0.15) is 10.2 Å². The number of halogens is 1. The van der Waals surface area contributed by atoms with Crippen molar-refractivity contribution in [2.24, 2.45) is 0 Å². The summed E-state index contributed by atoms with van der Waals surface area (Å²) in [5, 5.41) is 18.2. The zero-order chi connectivity index (χ0) is 27.6. The molecule has 11 heteroatoms. The lowest BCUT2D eigenvalue weighted by molar-refractivity contribution is -0.0592. The van der Waals surface area contributed by atoms with Crippen LogP contribution in [0.2, 0.25) is 0 Å². The third kappa shape index (κ3) is 5.41. The smallest absolute Gasteiger partial charge is 0.371 e. The van der Waals surface area contributed by atoms with Crippen molar-refractivity contribution in [3.63, 3.8) is 0 Å². The summed E-state index contributed by atoms with van der Waals surface area (Å²) < 4.78 is 33.1. The molecule has 6 rings (SSSR count). The number of carboxylic acids is 1. The van der Waals surface area contributed by atoms with Gasteiger partial charge in [-0.05, 0) is 50.6 Å². The number of aromatic nitrogens is 3. The van der Waals surface area contributed by atoms with Gasteiger partial charge in [0.25, 0.3) is 0 Å². The normalized spacial score (nSPS) is 17.9. The van der Waals surface area contributed by atoms with E-state index in [4.69, 9.17) is 19.2 Å². The molecule has 2 fully saturated rings. The molecule has 206 valence electrons. The van der Waals surface area contributed by atoms with Crippen LogP contribution < -0.4 is 4.74 Å². The quantitative estimate of drug-likeness (QED) is 0.324. The molecule has 0 radical (unpaired) electrons. The number of nitrogens with zero attached hydrogens (tertiary/aromatic N) is 5. The Balaban J connectivity index is 1.08. The van der Waals surface area contributed by atoms with E-state index in [2.05, 4.69) is 14.9 Å². The molecule has 2 saturated heterocycles. The SMILES string of the molecule is N#Cc1ccc(COc2cccc(C3CCN(Cc4nc5oc(C(=O)O)cc5n4CC4CCO4)CC3)n2)c(F)c1. The van der Waals surface area contributed by atoms with Crippen LogP contribution in [0.4, 0.5) is 4.39 Å². The maximum atomic E-state index is 14.2. The molecule has 0 saturated carbocycles. The lowest BCUT2D eigenvalue weighted by Gasteiger charge is -2.32. The molecule has 1 unspecified atom stereocenters. The third-order valence-corrected chi connectivity index (χ3v) is 7.59. The Bertz CT molecular complexity index is 1580. The molecule has 1 N–H and O–H groups in total. The molecule has 1 aromatic carbocycles. The summed E-state index contributed by atoms with van der Waals surface area (Å²) in [6.07, 6.45) is 2.88. The topological polar surface area (TPSA) is 127 Å². The molecule has 1 atom stereocenters. The van der Waals surface area contributed by atoms with Crippen molar-refractivity contribution < 1.29 is 28.2 Å². The fourth-order valence-corrected chi connectivity index (χ4v) is 5.23. The van der Waals surface area contributed by atoms with Crippen molar-refractivity contribution in [2.45, 2.75) is 51.0 Å². The largest absolute Gasteiger partial charge is 0.475 e. The highest BCUT2D eigenvalue weighted by molar-refractivity contribution is 5.89. The average molecular weight is 546 g/mol. The van der Waals surface area contributed by atoms with Crippen molar-refractivity contribution in [3.8, 4) is 11.9 Å². The lowest BCUT2D eigenvalue weighted by atomic mass is 9.93. The van der Waals surface area contributed by atoms with Crippen LogP contribution in [0.15, 0.2) is 46.9 Å². The summed E-state index contributed by atoms with van der Waals surface area (Å²) in [7, 11) is 0. The van der Waals surface area contributed by atoms with E-state index < -0.39 is 11.8 Å². The summed E-state index contributed by atoms with van der Waals surface area (Å²) in [5.41, 5.74) is 2.60. The second kappa shape index (κ2) is 11.1. The van der Waals surface area contributed by atoms with Crippen LogP contribution in [-0.2, 0) is 24.4 Å². The van der Waals surface area contributed by atoms with E-state index >= 15 is 0 Å². The number of rotatable bonds is 9. The van der Waals surface area contributed by atoms with Crippen molar-refractivity contribution >= 4 is 17.2 Å². The number of fused-ring (bicyclic) bond motifs is 1. The number of piperidine rings is 1. The number of pyridine rings is 1. The Morgan fingerprint density at radius 3 is 2.70 bits per heavy atom. The second-order valence-corrected chi connectivity index (χ2v) is 10.2. The van der Waals surface area contributed by atoms with Gasteiger partial charge >= 0.3 is 5.97 Å². The molecule has 4 aromatic rings. The number of imidazole rings is 1. The maximum absolute atomic E-state index is 14.2. The van der Waals surface area contributed by atoms with Crippen LogP contribution in [0, 0.1) is 17.1 Å². The van der Waals surface area contributed by atoms with Gasteiger partial charge in [0.2, 0.25) is 17.4 Å². The number of furan rings is 1. The van der Waals surface area contributed by atoms with E-state index in [0.29, 0.717) is 35.8 Å². The minimum atomic E-state index is -1.11. The molecule has 40 heavy (non-hydrogen) atoms. The number of hydrogen-bond donors (Lipinski definition) is 1. The fraction of sp³-hybridized carbons (Fsp3) is 0.379. The first-order valence-corrected chi connectivity index (χ1v) is 13.3. The monoisotopic (exact) mass is 545 g/mol. The van der Waals surface area contributed by atoms with Crippen molar-refractivity contribution in [1.82, 2.24) is 19.4 Å². The Morgan fingerprint density at radius 1 is 1.18 bits per heavy atom. The molecular formula is C29H28FN5O5. The number of carboxylic acid groups (broad SMARTS) is 1. The van der Waals surface area contributed by atoms with Crippen LogP contribution >= 0.6 is 0 Å². The number of aromatic carboxylic acids is 1. The van der Waals surface area contributed by atoms with E-state index in [1.807, 2.05) is 22.8 Å². The van der Waals surface area contributed by atoms with Crippen LogP contribution in [-0.4, -0.2) is 56.3 Å². The van der Waals surface area contributed by atoms with Crippen LogP contribution in [0.1, 0.15) is 58.4 Å². The minimum Gasteiger partial charge on any atom is -0.475 e. The molecule has 0 bridgehead atoms. The van der Waals surface area contributed by atoms with Gasteiger partial charge in [0, 0.05) is 35.9 Å². The predicted octanol–water partition coefficient (Wildman–Crippen LogP) is 4.48. The summed E-state index contributed by atoms with van der Waals surface area (Å²) in [6, 6.07) is 13.4. The van der Waals surface area contributed by atoms with Gasteiger partial charge in [-0.15, -0.1) is 0 Å². The molecule has 0 aliphatic carbocycles. The van der Waals surface area contributed by atoms with Gasteiger partial charge in [0.05, 0.1) is 30.8 Å². The second-order valence-electron chi connectivity index (χ2n) is 10.2. The van der Waals surface area contributed by atoms with E-state index in [1.165, 1.54) is 12.1 Å². The Kier molecular flexibility index (Phi) is 7.19. The van der Waals surface area contributed by atoms with Crippen molar-refractivity contribution in [3.05, 3.63) is 76.7 Å². The molecule has 0 spiro atoms. The molecule has 5 heterocycles. The highest BCUT2D eigenvalue weighted by Crippen LogP contribution is 2.30. The first-order chi connectivity index (χ1) is 19.5. The van der Waals surface area contributed by atoms with Crippen molar-refractivity contribution in [2.75, 3.05) is 19.7 Å². The highest BCUT2D eigenvalue weighted by Gasteiger charge is 2.27. The first kappa shape index (κ1) is 26.0. The number of likely N-dealkylation sites (tertiary alicyclic amines) is 1. The number of benzene rings is 1. The Morgan fingerprint density at radius 2 is 2.00 bits per heavy atom. The van der Waals surface area contributed by atoms with Gasteiger partial charge in [-0.1, -0.05) is 12.1 Å². The van der Waals surface area contributed by atoms with Crippen LogP contribution in [0.5, 0.6) is 5.88 Å². The Labute approximate surface area is 229 Å². The van der Waals surface area contributed by atoms with E-state index in [-0.39, 0.29) is 30.0 Å². The van der Waals surface area contributed by atoms with Gasteiger partial charge in [0.15, 0.2) is 0 Å². The predicted molar refractivity (Wildman–Crippen MR) is 140 cm³/mol. The molecule has 0 amide bonds. The van der Waals surface area contributed by atoms with E-state index in [0.717, 1.165) is 50.5 Å². The van der Waals surface area contributed by atoms with E-state index in [1.54, 1.807) is 18.2 Å². The highest BCUT2D eigenvalue weighted by atomic mass is 19.1. The third-order valence-electron chi connectivity index (χ3n) is 7.59. The standard InChI is InChI=1S/C29H28FN5O5/c30-22-12-18(14-31)4-5-20(22)17-39-27-3-1-2-23(32-27)19-6-9-34(10-7-19)16-26-33-28-24(13-25(40-28)29(36)37)35(26)15-21-8-11-38-21/h1-5,12-13,19,21H,6-11,15-17H2,(H,36,37). The lowest BCUT2D eigenvalue weighted by Crippen LogP contribution is -2.35. The molecule has 2 aliphatic rings. The molecule has 10 nitrogen and oxygen atoms in total. The molecule has 2 aliphatic heterocycles. The van der Waals surface area contributed by atoms with Crippen LogP contribution in [0.25, 0.3) is 11.2 Å². The molecular weight excluding hydrogens is 517 g/mol. The first-order valence-electron chi connectivity index (χ1n) is 13.3. The van der Waals surface area contributed by atoms with E-state index in [9.17, 15) is 14.3 Å². The number of carbonyl (C=O) groups is 1. The zero-order valence-corrected chi connectivity index (χ0v) is 21.8. The summed E-state index contributed by atoms with van der Waals surface area (Å²) in [5.74, 6) is -0.163. The minimum absolute atomic E-state index is 0.0296. The summed E-state index contributed by atoms with van der Waals surface area (Å²) in [4.78, 5) is 23.0. The Hall–Kier alpha value is -4.27. The van der Waals surface area contributed by atoms with Gasteiger partial charge < -0.3 is 23.6 Å². The van der Waals surface area contributed by atoms with Crippen LogP contribution in [0.3, 0.4) is 0 Å². The number of ether oxygens (including phenoxy) is 2. The fourth-order valence-electron chi connectivity index (χ4n) is 5.23. The van der Waals surface area contributed by atoms with Gasteiger partial charge in [-0.25, -0.2) is 14.2 Å².